The summed E-state index contributed by atoms with van der Waals surface area (Å²) in [5.41, 5.74) is 13.2. The van der Waals surface area contributed by atoms with Crippen molar-refractivity contribution in [2.75, 3.05) is 136 Å². The van der Waals surface area contributed by atoms with Crippen LogP contribution in [0.15, 0.2) is 294 Å². The summed E-state index contributed by atoms with van der Waals surface area (Å²) in [4.78, 5) is 91.6. The summed E-state index contributed by atoms with van der Waals surface area (Å²) in [6.07, 6.45) is 20.8. The third-order valence-electron chi connectivity index (χ3n) is 22.3. The number of benzene rings is 5. The Balaban J connectivity index is 0.000000121. The number of ether oxygens (including phenoxy) is 1. The molecule has 20 aromatic rings. The number of hydrogen-bond donors (Lipinski definition) is 16. The van der Waals surface area contributed by atoms with E-state index in [1.165, 1.54) is 53.8 Å². The van der Waals surface area contributed by atoms with Crippen molar-refractivity contribution >= 4 is 181 Å². The van der Waals surface area contributed by atoms with Crippen LogP contribution in [0.2, 0.25) is 0 Å². The smallest absolute Gasteiger partial charge is 0.251 e. The van der Waals surface area contributed by atoms with Crippen molar-refractivity contribution in [3.05, 3.63) is 284 Å². The Labute approximate surface area is 865 Å². The molecule has 1 aliphatic heterocycles. The molecule has 147 heavy (non-hydrogen) atoms. The molecular formula is C100H108N38O4S5. The minimum atomic E-state index is -0.0800. The fourth-order valence-corrected chi connectivity index (χ4v) is 18.8. The lowest BCUT2D eigenvalue weighted by Gasteiger charge is -2.26. The number of hydrogen-bond acceptors (Lipinski definition) is 34. The molecule has 3 amide bonds. The van der Waals surface area contributed by atoms with Gasteiger partial charge in [-0.2, -0.15) is 25.5 Å². The summed E-state index contributed by atoms with van der Waals surface area (Å²) in [5.74, 6) is 7.40. The molecule has 16 N–H and O–H groups in total. The van der Waals surface area contributed by atoms with Crippen molar-refractivity contribution < 1.29 is 19.1 Å². The molecule has 15 aromatic heterocycles. The highest BCUT2D eigenvalue weighted by Gasteiger charge is 2.23. The summed E-state index contributed by atoms with van der Waals surface area (Å²) < 4.78 is 14.8. The van der Waals surface area contributed by atoms with E-state index < -0.39 is 0 Å². The van der Waals surface area contributed by atoms with Crippen molar-refractivity contribution in [2.24, 2.45) is 5.92 Å². The number of fused-ring (bicyclic) bond motifs is 5. The molecule has 42 nitrogen and oxygen atoms in total. The molecule has 0 radical (unpaired) electrons. The number of imidazole rings is 5. The van der Waals surface area contributed by atoms with Crippen LogP contribution in [0.25, 0.3) is 28.2 Å². The highest BCUT2D eigenvalue weighted by molar-refractivity contribution is 8.00. The Hall–Kier alpha value is -16.2. The van der Waals surface area contributed by atoms with Crippen LogP contribution in [0, 0.1) is 40.5 Å². The summed E-state index contributed by atoms with van der Waals surface area (Å²) >= 11 is 7.75. The number of likely N-dealkylation sites (N-methyl/N-ethyl adjacent to an activating group) is 2. The van der Waals surface area contributed by atoms with Crippen LogP contribution in [0.3, 0.4) is 0 Å². The van der Waals surface area contributed by atoms with E-state index in [2.05, 4.69) is 176 Å². The quantitative estimate of drug-likeness (QED) is 0.0164. The largest absolute Gasteiger partial charge is 0.388 e. The normalized spacial score (nSPS) is 12.3. The second-order valence-corrected chi connectivity index (χ2v) is 39.7. The third-order valence-corrected chi connectivity index (χ3v) is 27.0. The maximum atomic E-state index is 12.5. The van der Waals surface area contributed by atoms with Gasteiger partial charge in [-0.25, -0.2) is 49.8 Å². The Morgan fingerprint density at radius 2 is 0.687 bits per heavy atom. The number of amides is 3. The number of anilines is 13. The highest BCUT2D eigenvalue weighted by atomic mass is 32.2. The number of aryl methyl sites for hydroxylation is 5. The van der Waals surface area contributed by atoms with Crippen LogP contribution in [-0.2, 0) is 9.53 Å². The molecule has 2 aliphatic rings. The Morgan fingerprint density at radius 3 is 0.973 bits per heavy atom. The molecule has 0 atom stereocenters. The van der Waals surface area contributed by atoms with E-state index in [0.29, 0.717) is 71.4 Å². The van der Waals surface area contributed by atoms with Gasteiger partial charge in [-0.15, -0.1) is 0 Å². The molecule has 0 bridgehead atoms. The van der Waals surface area contributed by atoms with Gasteiger partial charge in [-0.1, -0.05) is 58.8 Å². The molecule has 752 valence electrons. The Kier molecular flexibility index (Phi) is 33.3. The molecule has 22 rings (SSSR count). The minimum Gasteiger partial charge on any atom is -0.388 e. The predicted octanol–water partition coefficient (Wildman–Crippen LogP) is 16.7. The van der Waals surface area contributed by atoms with Gasteiger partial charge in [-0.05, 0) is 196 Å². The van der Waals surface area contributed by atoms with E-state index in [0.717, 1.165) is 181 Å². The Bertz CT molecular complexity index is 7790. The van der Waals surface area contributed by atoms with E-state index in [1.54, 1.807) is 61.6 Å². The number of H-pyrrole nitrogens is 5. The SMILES string of the molecule is CNCC(=O)Nc1ccc(Sc2cc3nccn3c(Nc3cc(C)[nH]n3)n2)cc1.CNc1ccc(Sc2cc3nccn3c(Nc3cc(C)[nH]n3)n2)cc1.Cc1cc(Nc2nc(Sc3ccc(C(=O)NCCN(C)C)cc3)cc3nccn23)n[nH]1.Cc1cc(Nc2nc(Sc3ccc(C(=O)NCCN4CCOCC4)cc3)cc3nccn23)n[nH]1.Cc1cc(Nc2nc(Sc3ccc(NCC4CC4)cc3)cc3nccn23)n[nH]1. The monoisotopic (exact) mass is 2060 g/mol. The van der Waals surface area contributed by atoms with Crippen molar-refractivity contribution in [2.45, 2.75) is 97.1 Å². The van der Waals surface area contributed by atoms with Gasteiger partial charge in [0.2, 0.25) is 35.6 Å². The molecule has 0 unspecified atom stereocenters. The topological polar surface area (TPSA) is 494 Å². The van der Waals surface area contributed by atoms with Crippen LogP contribution in [0.1, 0.15) is 62.0 Å². The highest BCUT2D eigenvalue weighted by Crippen LogP contribution is 2.37. The first-order valence-corrected chi connectivity index (χ1v) is 51.2. The number of carbonyl (C=O) groups is 3. The van der Waals surface area contributed by atoms with Crippen LogP contribution in [-0.4, -0.2) is 244 Å². The van der Waals surface area contributed by atoms with Crippen LogP contribution < -0.4 is 58.5 Å². The molecule has 1 saturated heterocycles. The summed E-state index contributed by atoms with van der Waals surface area (Å²) in [7, 11) is 7.59. The molecule has 2 fully saturated rings. The van der Waals surface area contributed by atoms with Crippen molar-refractivity contribution in [1.29, 1.82) is 0 Å². The summed E-state index contributed by atoms with van der Waals surface area (Å²) in [6, 6.07) is 58.8. The molecule has 1 aliphatic carbocycles. The zero-order valence-electron chi connectivity index (χ0n) is 81.7. The first-order valence-electron chi connectivity index (χ1n) is 47.1. The first-order chi connectivity index (χ1) is 71.6. The lowest BCUT2D eigenvalue weighted by atomic mass is 10.2. The second-order valence-electron chi connectivity index (χ2n) is 34.2. The number of aromatic amines is 5. The number of rotatable bonds is 35. The fraction of sp³-hybridized carbons (Fsp3) is 0.220. The molecule has 0 spiro atoms. The van der Waals surface area contributed by atoms with Gasteiger partial charge in [0.1, 0.15) is 53.4 Å². The average molecular weight is 2070 g/mol. The zero-order valence-corrected chi connectivity index (χ0v) is 85.8. The maximum Gasteiger partial charge on any atom is 0.251 e. The number of carbonyl (C=O) groups excluding carboxylic acids is 3. The van der Waals surface area contributed by atoms with Gasteiger partial charge in [0.25, 0.3) is 11.8 Å². The molecule has 1 saturated carbocycles. The third kappa shape index (κ3) is 28.3. The zero-order chi connectivity index (χ0) is 101. The molecule has 47 heteroatoms. The van der Waals surface area contributed by atoms with Crippen LogP contribution in [0.5, 0.6) is 0 Å². The second kappa shape index (κ2) is 48.5. The van der Waals surface area contributed by atoms with E-state index in [-0.39, 0.29) is 24.3 Å². The molecular weight excluding hydrogens is 1960 g/mol. The average Bonchev–Trinajstić information content (AvgIpc) is 1.71. The Morgan fingerprint density at radius 1 is 0.388 bits per heavy atom. The maximum absolute atomic E-state index is 12.5. The van der Waals surface area contributed by atoms with Gasteiger partial charge < -0.3 is 68.1 Å². The van der Waals surface area contributed by atoms with E-state index in [4.69, 9.17) is 29.7 Å². The van der Waals surface area contributed by atoms with Gasteiger partial charge in [0, 0.05) is 257 Å². The fourth-order valence-electron chi connectivity index (χ4n) is 14.8. The van der Waals surface area contributed by atoms with E-state index in [1.807, 2.05) is 259 Å². The van der Waals surface area contributed by atoms with Crippen molar-refractivity contribution in [3.63, 3.8) is 0 Å². The van der Waals surface area contributed by atoms with Gasteiger partial charge in [-0.3, -0.25) is 66.8 Å². The van der Waals surface area contributed by atoms with Crippen molar-refractivity contribution in [1.82, 2.24) is 149 Å². The number of nitrogens with one attached hydrogen (secondary N) is 16. The van der Waals surface area contributed by atoms with E-state index in [9.17, 15) is 14.4 Å². The molecule has 16 heterocycles. The molecule has 5 aromatic carbocycles. The first kappa shape index (κ1) is 101. The summed E-state index contributed by atoms with van der Waals surface area (Å²) in [5, 5.41) is 74.2. The number of aromatic nitrogens is 25. The lowest BCUT2D eigenvalue weighted by Crippen LogP contribution is -2.41. The summed E-state index contributed by atoms with van der Waals surface area (Å²) in [6.45, 7) is 17.3. The number of morpholine rings is 1. The number of nitrogens with zero attached hydrogens (tertiary/aromatic N) is 22. The van der Waals surface area contributed by atoms with Gasteiger partial charge in [0.05, 0.1) is 19.8 Å². The minimum absolute atomic E-state index is 0.0671. The predicted molar refractivity (Wildman–Crippen MR) is 575 cm³/mol. The lowest BCUT2D eigenvalue weighted by molar-refractivity contribution is -0.115. The van der Waals surface area contributed by atoms with Crippen LogP contribution in [0.4, 0.5) is 75.9 Å². The van der Waals surface area contributed by atoms with Gasteiger partial charge in [0.15, 0.2) is 29.1 Å². The van der Waals surface area contributed by atoms with Crippen LogP contribution >= 0.6 is 58.8 Å². The standard InChI is InChI=1S/C23H26N8O2S.C21H24N8OS.C20H21N7S.C19H20N8OS.C17H17N7S/c1-16-14-19(29-28-16)26-23-27-21(15-20-24-7-9-31(20)23)34-18-4-2-17(3-5-18)22(32)25-6-8-30-10-12-33-13-11-30;1-14-12-17(27-26-14)24-21-25-19(13-18-22-9-11-29(18)21)31-16-6-4-15(5-7-16)20(30)23-8-10-28(2)3;1-13-10-17(26-25-13)23-20-24-19(11-18-21-8-9-27(18)20)28-16-6-4-15(5-7-16)22-12-14-2-3-14;1-12-9-15(26-25-12)23-19-24-18(10-16-21-7-8-27(16)19)29-14-5-3-13(4-6-14)22-17(28)11-20-2;1-11-9-14(23-22-11)20-17-21-16(10-15-19-7-8-24(15)17)25-13-5-3-12(18-2)4-6-13/h2-5,7,9,14-15H,6,8,10-13H2,1H3,(H,25,32)(H2,26,27,28,29);4-7,9,11-13H,8,10H2,1-3H3,(H,23,30)(H2,24,25,26,27);4-11,14,22H,2-3,12H2,1H3,(H2,23,24,25,26);3-10,20H,11H2,1-2H3,(H,22,28)(H2,23,24,25,26);3-10,18H,1-2H3,(H2,20,21,22,23). The van der Waals surface area contributed by atoms with E-state index >= 15 is 0 Å². The van der Waals surface area contributed by atoms with Gasteiger partial charge >= 0.3 is 0 Å². The van der Waals surface area contributed by atoms with Crippen molar-refractivity contribution in [3.8, 4) is 0 Å².